The van der Waals surface area contributed by atoms with Gasteiger partial charge in [0.05, 0.1) is 52.4 Å². The van der Waals surface area contributed by atoms with Gasteiger partial charge in [0.15, 0.2) is 0 Å². The van der Waals surface area contributed by atoms with Crippen molar-refractivity contribution in [3.8, 4) is 11.8 Å². The summed E-state index contributed by atoms with van der Waals surface area (Å²) < 4.78 is 50.2. The van der Waals surface area contributed by atoms with E-state index in [9.17, 15) is 32.8 Å². The molecule has 0 unspecified atom stereocenters. The third kappa shape index (κ3) is 6.26. The summed E-state index contributed by atoms with van der Waals surface area (Å²) in [6.07, 6.45) is -4.67. The Morgan fingerprint density at radius 1 is 1.22 bits per heavy atom. The van der Waals surface area contributed by atoms with Crippen LogP contribution in [0.1, 0.15) is 17.0 Å². The summed E-state index contributed by atoms with van der Waals surface area (Å²) in [5.41, 5.74) is -1.02. The van der Waals surface area contributed by atoms with Gasteiger partial charge >= 0.3 is 12.1 Å². The molecule has 2 aromatic rings. The molecule has 2 atom stereocenters. The molecule has 1 aliphatic rings. The molecule has 2 N–H and O–H groups in total. The van der Waals surface area contributed by atoms with E-state index in [1.54, 1.807) is 18.2 Å². The number of allylic oxidation sites excluding steroid dienone is 1. The van der Waals surface area contributed by atoms with Crippen LogP contribution >= 0.6 is 27.7 Å². The molecule has 0 saturated heterocycles. The minimum Gasteiger partial charge on any atom is -0.496 e. The van der Waals surface area contributed by atoms with Gasteiger partial charge in [0.25, 0.3) is 0 Å². The molecule has 1 aliphatic heterocycles. The number of carbonyl (C=O) groups excluding carboxylic acids is 3. The Kier molecular flexibility index (Phi) is 8.88. The van der Waals surface area contributed by atoms with Crippen molar-refractivity contribution in [2.75, 3.05) is 25.3 Å². The normalized spacial score (nSPS) is 17.5. The van der Waals surface area contributed by atoms with Crippen molar-refractivity contribution in [1.29, 1.82) is 5.26 Å². The minimum atomic E-state index is -4.67. The monoisotopic (exact) mass is 597 g/mol. The van der Waals surface area contributed by atoms with Gasteiger partial charge in [-0.15, -0.1) is 0 Å². The molecule has 0 aliphatic carbocycles. The number of para-hydroxylation sites is 1. The summed E-state index contributed by atoms with van der Waals surface area (Å²) in [7, 11) is 2.57. The van der Waals surface area contributed by atoms with Gasteiger partial charge in [-0.3, -0.25) is 14.4 Å². The van der Waals surface area contributed by atoms with Gasteiger partial charge in [0.1, 0.15) is 11.7 Å². The first kappa shape index (κ1) is 28.1. The molecule has 2 amide bonds. The first-order chi connectivity index (χ1) is 17.5. The molecule has 8 nitrogen and oxygen atoms in total. The average molecular weight is 598 g/mol. The second-order valence-corrected chi connectivity index (χ2v) is 9.44. The maximum atomic E-state index is 13.2. The van der Waals surface area contributed by atoms with Gasteiger partial charge in [0, 0.05) is 5.92 Å². The highest BCUT2D eigenvalue weighted by Gasteiger charge is 2.44. The number of hydrogen-bond acceptors (Lipinski definition) is 7. The minimum absolute atomic E-state index is 0.00356. The fraction of sp³-hybridized carbons (Fsp3) is 0.250. The number of nitrogens with one attached hydrogen (secondary N) is 2. The second-order valence-electron chi connectivity index (χ2n) is 7.60. The van der Waals surface area contributed by atoms with Crippen LogP contribution in [-0.4, -0.2) is 37.8 Å². The van der Waals surface area contributed by atoms with E-state index < -0.39 is 52.8 Å². The molecule has 0 radical (unpaired) electrons. The maximum Gasteiger partial charge on any atom is 0.418 e. The second kappa shape index (κ2) is 11.7. The summed E-state index contributed by atoms with van der Waals surface area (Å²) in [4.78, 5) is 37.9. The highest BCUT2D eigenvalue weighted by atomic mass is 79.9. The molecule has 194 valence electrons. The van der Waals surface area contributed by atoms with E-state index in [0.29, 0.717) is 15.8 Å². The van der Waals surface area contributed by atoms with Crippen LogP contribution in [0.4, 0.5) is 18.9 Å². The number of hydrogen-bond donors (Lipinski definition) is 2. The molecule has 0 aromatic heterocycles. The van der Waals surface area contributed by atoms with Crippen LogP contribution in [-0.2, 0) is 25.3 Å². The number of anilines is 1. The number of thioether (sulfide) groups is 1. The largest absolute Gasteiger partial charge is 0.496 e. The van der Waals surface area contributed by atoms with E-state index in [1.165, 1.54) is 19.2 Å². The third-order valence-corrected chi connectivity index (χ3v) is 7.01. The smallest absolute Gasteiger partial charge is 0.418 e. The number of nitrogens with zero attached hydrogens (tertiary/aromatic N) is 1. The van der Waals surface area contributed by atoms with Gasteiger partial charge in [0.2, 0.25) is 11.8 Å². The van der Waals surface area contributed by atoms with Crippen molar-refractivity contribution in [2.24, 2.45) is 5.92 Å². The zero-order chi connectivity index (χ0) is 27.3. The number of halogens is 4. The lowest BCUT2D eigenvalue weighted by atomic mass is 9.78. The van der Waals surface area contributed by atoms with E-state index in [2.05, 4.69) is 26.6 Å². The molecule has 0 bridgehead atoms. The van der Waals surface area contributed by atoms with E-state index in [1.807, 2.05) is 6.07 Å². The van der Waals surface area contributed by atoms with Crippen molar-refractivity contribution in [1.82, 2.24) is 5.32 Å². The number of alkyl halides is 3. The highest BCUT2D eigenvalue weighted by Crippen LogP contribution is 2.42. The molecule has 1 heterocycles. The predicted octanol–water partition coefficient (Wildman–Crippen LogP) is 4.59. The molecule has 0 saturated carbocycles. The van der Waals surface area contributed by atoms with Crippen molar-refractivity contribution in [2.45, 2.75) is 12.1 Å². The number of esters is 1. The van der Waals surface area contributed by atoms with Crippen LogP contribution in [0.3, 0.4) is 0 Å². The van der Waals surface area contributed by atoms with Gasteiger partial charge in [-0.25, -0.2) is 0 Å². The highest BCUT2D eigenvalue weighted by molar-refractivity contribution is 9.10. The zero-order valence-electron chi connectivity index (χ0n) is 19.3. The predicted molar refractivity (Wildman–Crippen MR) is 132 cm³/mol. The SMILES string of the molecule is COC(=O)[C@H]1C(=O)NC(SCC(=O)Nc2ccccc2C(F)(F)F)=C(C#N)[C@@H]1c1ccc(OC)c(Br)c1. The van der Waals surface area contributed by atoms with Crippen LogP contribution in [0.2, 0.25) is 0 Å². The first-order valence-corrected chi connectivity index (χ1v) is 12.2. The van der Waals surface area contributed by atoms with E-state index >= 15 is 0 Å². The third-order valence-electron chi connectivity index (χ3n) is 5.37. The van der Waals surface area contributed by atoms with E-state index in [-0.39, 0.29) is 10.6 Å². The van der Waals surface area contributed by atoms with Crippen LogP contribution in [0, 0.1) is 17.2 Å². The number of rotatable bonds is 7. The van der Waals surface area contributed by atoms with Crippen molar-refractivity contribution >= 4 is 51.2 Å². The number of nitriles is 1. The lowest BCUT2D eigenvalue weighted by molar-refractivity contribution is -0.150. The Hall–Kier alpha value is -3.50. The van der Waals surface area contributed by atoms with E-state index in [4.69, 9.17) is 9.47 Å². The van der Waals surface area contributed by atoms with Gasteiger partial charge in [-0.2, -0.15) is 18.4 Å². The van der Waals surface area contributed by atoms with Crippen LogP contribution in [0.15, 0.2) is 57.5 Å². The Morgan fingerprint density at radius 3 is 2.51 bits per heavy atom. The zero-order valence-corrected chi connectivity index (χ0v) is 21.7. The molecule has 13 heteroatoms. The Labute approximate surface area is 222 Å². The van der Waals surface area contributed by atoms with Gasteiger partial charge in [-0.05, 0) is 45.8 Å². The number of benzene rings is 2. The Bertz CT molecular complexity index is 1310. The summed E-state index contributed by atoms with van der Waals surface area (Å²) in [6, 6.07) is 11.3. The average Bonchev–Trinajstić information content (AvgIpc) is 2.86. The van der Waals surface area contributed by atoms with Crippen LogP contribution < -0.4 is 15.4 Å². The molecular formula is C24H19BrF3N3O5S. The molecular weight excluding hydrogens is 579 g/mol. The Morgan fingerprint density at radius 2 is 1.92 bits per heavy atom. The van der Waals surface area contributed by atoms with Crippen LogP contribution in [0.5, 0.6) is 5.75 Å². The number of ether oxygens (including phenoxy) is 2. The van der Waals surface area contributed by atoms with E-state index in [0.717, 1.165) is 31.0 Å². The standard InChI is InChI=1S/C24H19BrF3N3O5S/c1-35-17-8-7-12(9-15(17)25)19-13(10-29)22(31-21(33)20(19)23(34)36-2)37-11-18(32)30-16-6-4-3-5-14(16)24(26,27)28/h3-9,19-20H,11H2,1-2H3,(H,30,32)(H,31,33)/t19-,20+/m0/s1. The number of amides is 2. The maximum absolute atomic E-state index is 13.2. The first-order valence-electron chi connectivity index (χ1n) is 10.5. The summed E-state index contributed by atoms with van der Waals surface area (Å²) in [6.45, 7) is 0. The van der Waals surface area contributed by atoms with Crippen molar-refractivity contribution in [3.05, 3.63) is 68.7 Å². The fourth-order valence-corrected chi connectivity index (χ4v) is 5.13. The van der Waals surface area contributed by atoms with Crippen molar-refractivity contribution in [3.63, 3.8) is 0 Å². The Balaban J connectivity index is 1.93. The van der Waals surface area contributed by atoms with Gasteiger partial charge < -0.3 is 20.1 Å². The molecule has 2 aromatic carbocycles. The lowest BCUT2D eigenvalue weighted by Gasteiger charge is -2.31. The summed E-state index contributed by atoms with van der Waals surface area (Å²) >= 11 is 4.09. The topological polar surface area (TPSA) is 118 Å². The molecule has 37 heavy (non-hydrogen) atoms. The molecule has 3 rings (SSSR count). The lowest BCUT2D eigenvalue weighted by Crippen LogP contribution is -2.44. The summed E-state index contributed by atoms with van der Waals surface area (Å²) in [5.74, 6) is -4.80. The quantitative estimate of drug-likeness (QED) is 0.354. The number of carbonyl (C=O) groups is 3. The van der Waals surface area contributed by atoms with Crippen LogP contribution in [0.25, 0.3) is 0 Å². The number of methoxy groups -OCH3 is 2. The molecule has 0 spiro atoms. The molecule has 0 fully saturated rings. The summed E-state index contributed by atoms with van der Waals surface area (Å²) in [5, 5.41) is 14.6. The van der Waals surface area contributed by atoms with Gasteiger partial charge in [-0.1, -0.05) is 30.0 Å². The van der Waals surface area contributed by atoms with Crippen molar-refractivity contribution < 1.29 is 37.0 Å². The fourth-order valence-electron chi connectivity index (χ4n) is 3.72.